The van der Waals surface area contributed by atoms with Crippen LogP contribution in [0.25, 0.3) is 34.2 Å². The first-order valence-electron chi connectivity index (χ1n) is 12.7. The molecule has 1 atom stereocenters. The normalized spacial score (nSPS) is 13.7. The van der Waals surface area contributed by atoms with Gasteiger partial charge in [-0.2, -0.15) is 0 Å². The van der Waals surface area contributed by atoms with Crippen molar-refractivity contribution in [2.75, 3.05) is 20.7 Å². The van der Waals surface area contributed by atoms with E-state index in [4.69, 9.17) is 9.72 Å². The molecule has 0 saturated carbocycles. The zero-order chi connectivity index (χ0) is 26.0. The number of nitrogens with one attached hydrogen (secondary N) is 1. The van der Waals surface area contributed by atoms with Crippen LogP contribution in [-0.2, 0) is 17.8 Å². The van der Waals surface area contributed by atoms with Gasteiger partial charge in [-0.1, -0.05) is 39.5 Å². The van der Waals surface area contributed by atoms with Gasteiger partial charge < -0.3 is 19.2 Å². The Morgan fingerprint density at radius 3 is 2.78 bits per heavy atom. The molecule has 4 rings (SSSR count). The van der Waals surface area contributed by atoms with Crippen molar-refractivity contribution in [3.63, 3.8) is 0 Å². The molecule has 1 unspecified atom stereocenters. The van der Waals surface area contributed by atoms with E-state index in [1.54, 1.807) is 12.1 Å². The Bertz CT molecular complexity index is 1340. The maximum Gasteiger partial charge on any atom is 0.337 e. The second-order valence-corrected chi connectivity index (χ2v) is 9.50. The summed E-state index contributed by atoms with van der Waals surface area (Å²) in [6.07, 6.45) is 5.31. The van der Waals surface area contributed by atoms with Crippen molar-refractivity contribution in [3.8, 4) is 11.5 Å². The van der Waals surface area contributed by atoms with Crippen molar-refractivity contribution < 1.29 is 14.3 Å². The number of carbonyl (C=O) groups is 2. The van der Waals surface area contributed by atoms with Gasteiger partial charge in [0.25, 0.3) is 0 Å². The van der Waals surface area contributed by atoms with Crippen molar-refractivity contribution in [1.82, 2.24) is 19.4 Å². The largest absolute Gasteiger partial charge is 0.465 e. The molecule has 0 bridgehead atoms. The van der Waals surface area contributed by atoms with E-state index in [-0.39, 0.29) is 5.78 Å². The third kappa shape index (κ3) is 4.44. The number of Topliss-reactive ketones (excluding diaryl/α,β-unsaturated/α-hetero) is 1. The van der Waals surface area contributed by atoms with Crippen molar-refractivity contribution >= 4 is 34.4 Å². The quantitative estimate of drug-likeness (QED) is 0.357. The van der Waals surface area contributed by atoms with Crippen LogP contribution in [0.1, 0.15) is 71.5 Å². The number of methoxy groups -OCH3 is 1. The highest BCUT2D eigenvalue weighted by molar-refractivity contribution is 6.10. The Balaban J connectivity index is 1.94. The SMILES string of the molecule is C=Cc1cc(-c2nc3cc(C(=O)OC)cc4c3n2CCC4=O)n(CCCC)c1C(=C)C(C)CCNC. The first-order chi connectivity index (χ1) is 17.4. The number of benzene rings is 1. The van der Waals surface area contributed by atoms with Crippen LogP contribution in [0.3, 0.4) is 0 Å². The number of aryl methyl sites for hydroxylation is 1. The number of rotatable bonds is 11. The van der Waals surface area contributed by atoms with E-state index in [1.807, 2.05) is 13.1 Å². The summed E-state index contributed by atoms with van der Waals surface area (Å²) in [6, 6.07) is 5.49. The number of imidazole rings is 1. The van der Waals surface area contributed by atoms with E-state index >= 15 is 0 Å². The fourth-order valence-corrected chi connectivity index (χ4v) is 5.06. The summed E-state index contributed by atoms with van der Waals surface area (Å²) in [5.41, 5.74) is 6.46. The number of nitrogens with zero attached hydrogens (tertiary/aromatic N) is 3. The van der Waals surface area contributed by atoms with E-state index in [0.717, 1.165) is 66.2 Å². The zero-order valence-electron chi connectivity index (χ0n) is 21.8. The van der Waals surface area contributed by atoms with Gasteiger partial charge in [0.2, 0.25) is 0 Å². The summed E-state index contributed by atoms with van der Waals surface area (Å²) in [5.74, 6) is 0.632. The van der Waals surface area contributed by atoms with Crippen LogP contribution in [0.15, 0.2) is 31.4 Å². The van der Waals surface area contributed by atoms with Crippen molar-refractivity contribution in [2.45, 2.75) is 52.6 Å². The second-order valence-electron chi connectivity index (χ2n) is 9.50. The van der Waals surface area contributed by atoms with Crippen LogP contribution in [0.5, 0.6) is 0 Å². The molecule has 2 aromatic heterocycles. The predicted molar refractivity (Wildman–Crippen MR) is 145 cm³/mol. The lowest BCUT2D eigenvalue weighted by molar-refractivity contribution is 0.0601. The van der Waals surface area contributed by atoms with Crippen LogP contribution in [0, 0.1) is 5.92 Å². The molecule has 0 radical (unpaired) electrons. The number of esters is 1. The maximum atomic E-state index is 12.8. The van der Waals surface area contributed by atoms with E-state index in [0.29, 0.717) is 35.5 Å². The Morgan fingerprint density at radius 1 is 1.33 bits per heavy atom. The van der Waals surface area contributed by atoms with Gasteiger partial charge in [-0.15, -0.1) is 0 Å². The first-order valence-corrected chi connectivity index (χ1v) is 12.7. The monoisotopic (exact) mass is 488 g/mol. The maximum absolute atomic E-state index is 12.8. The Kier molecular flexibility index (Phi) is 7.59. The van der Waals surface area contributed by atoms with Gasteiger partial charge in [-0.25, -0.2) is 9.78 Å². The average Bonchev–Trinajstić information content (AvgIpc) is 3.45. The molecular formula is C29H36N4O3. The van der Waals surface area contributed by atoms with Crippen molar-refractivity contribution in [2.24, 2.45) is 5.92 Å². The minimum Gasteiger partial charge on any atom is -0.465 e. The van der Waals surface area contributed by atoms with Gasteiger partial charge in [-0.3, -0.25) is 4.79 Å². The molecular weight excluding hydrogens is 452 g/mol. The fourth-order valence-electron chi connectivity index (χ4n) is 5.06. The number of hydrogen-bond acceptors (Lipinski definition) is 5. The van der Waals surface area contributed by atoms with Gasteiger partial charge in [0.15, 0.2) is 11.6 Å². The van der Waals surface area contributed by atoms with Gasteiger partial charge in [-0.05, 0) is 56.1 Å². The fraction of sp³-hybridized carbons (Fsp3) is 0.414. The molecule has 1 aliphatic rings. The van der Waals surface area contributed by atoms with Crippen LogP contribution < -0.4 is 5.32 Å². The topological polar surface area (TPSA) is 78.2 Å². The Labute approximate surface area is 212 Å². The summed E-state index contributed by atoms with van der Waals surface area (Å²) in [6.45, 7) is 15.3. The molecule has 0 amide bonds. The zero-order valence-corrected chi connectivity index (χ0v) is 21.8. The lowest BCUT2D eigenvalue weighted by Crippen LogP contribution is -2.17. The van der Waals surface area contributed by atoms with Crippen molar-refractivity contribution in [3.05, 3.63) is 53.7 Å². The van der Waals surface area contributed by atoms with Gasteiger partial charge in [0.05, 0.1) is 35.1 Å². The third-order valence-corrected chi connectivity index (χ3v) is 7.16. The highest BCUT2D eigenvalue weighted by Gasteiger charge is 2.29. The molecule has 1 N–H and O–H groups in total. The highest BCUT2D eigenvalue weighted by atomic mass is 16.5. The molecule has 36 heavy (non-hydrogen) atoms. The number of carbonyl (C=O) groups excluding carboxylic acids is 2. The molecule has 1 aromatic carbocycles. The molecule has 3 aromatic rings. The van der Waals surface area contributed by atoms with Crippen LogP contribution in [0.4, 0.5) is 0 Å². The molecule has 7 nitrogen and oxygen atoms in total. The van der Waals surface area contributed by atoms with Crippen LogP contribution in [-0.4, -0.2) is 46.6 Å². The smallest absolute Gasteiger partial charge is 0.337 e. The average molecular weight is 489 g/mol. The number of hydrogen-bond donors (Lipinski definition) is 1. The predicted octanol–water partition coefficient (Wildman–Crippen LogP) is 5.58. The summed E-state index contributed by atoms with van der Waals surface area (Å²) in [4.78, 5) is 30.1. The summed E-state index contributed by atoms with van der Waals surface area (Å²) >= 11 is 0. The molecule has 190 valence electrons. The summed E-state index contributed by atoms with van der Waals surface area (Å²) < 4.78 is 9.36. The second kappa shape index (κ2) is 10.7. The molecule has 0 spiro atoms. The lowest BCUT2D eigenvalue weighted by Gasteiger charge is -2.21. The standard InChI is InChI=1S/C29H36N4O3/c1-7-9-13-32-24(17-20(8-2)26(32)19(4)18(3)10-12-30-5)28-31-23-16-21(29(35)36-6)15-22-25(34)11-14-33(28)27(22)23/h8,15-18,30H,2,4,7,9-14H2,1,3,5-6H3. The van der Waals surface area contributed by atoms with Gasteiger partial charge in [0, 0.05) is 30.6 Å². The molecule has 3 heterocycles. The third-order valence-electron chi connectivity index (χ3n) is 7.16. The minimum atomic E-state index is -0.475. The first kappa shape index (κ1) is 25.6. The summed E-state index contributed by atoms with van der Waals surface area (Å²) in [7, 11) is 3.30. The number of allylic oxidation sites excluding steroid dienone is 1. The van der Waals surface area contributed by atoms with Gasteiger partial charge >= 0.3 is 5.97 Å². The minimum absolute atomic E-state index is 0.0188. The van der Waals surface area contributed by atoms with Crippen LogP contribution >= 0.6 is 0 Å². The van der Waals surface area contributed by atoms with E-state index in [1.165, 1.54) is 7.11 Å². The molecule has 7 heteroatoms. The summed E-state index contributed by atoms with van der Waals surface area (Å²) in [5, 5.41) is 3.23. The van der Waals surface area contributed by atoms with E-state index in [2.05, 4.69) is 47.5 Å². The highest BCUT2D eigenvalue weighted by Crippen LogP contribution is 2.38. The molecule has 0 saturated heterocycles. The molecule has 0 aliphatic carbocycles. The molecule has 0 fully saturated rings. The van der Waals surface area contributed by atoms with E-state index < -0.39 is 5.97 Å². The molecule has 1 aliphatic heterocycles. The van der Waals surface area contributed by atoms with Crippen LogP contribution in [0.2, 0.25) is 0 Å². The lowest BCUT2D eigenvalue weighted by atomic mass is 9.94. The number of ether oxygens (including phenoxy) is 1. The van der Waals surface area contributed by atoms with Gasteiger partial charge in [0.1, 0.15) is 0 Å². The number of aromatic nitrogens is 3. The Hall–Kier alpha value is -3.45. The number of unbranched alkanes of at least 4 members (excludes halogenated alkanes) is 1. The Morgan fingerprint density at radius 2 is 2.11 bits per heavy atom. The van der Waals surface area contributed by atoms with Crippen molar-refractivity contribution in [1.29, 1.82) is 0 Å². The number of ketones is 1. The van der Waals surface area contributed by atoms with E-state index in [9.17, 15) is 9.59 Å².